The largest absolute Gasteiger partial charge is 0.497 e. The number of nitrogens with one attached hydrogen (secondary N) is 1. The molecule has 0 saturated heterocycles. The summed E-state index contributed by atoms with van der Waals surface area (Å²) in [6.45, 7) is 0.751. The summed E-state index contributed by atoms with van der Waals surface area (Å²) in [7, 11) is 3.62. The number of carbonyl (C=O) groups is 1. The Bertz CT molecular complexity index is 1170. The summed E-state index contributed by atoms with van der Waals surface area (Å²) in [5.41, 5.74) is 2.58. The Morgan fingerprint density at radius 1 is 1.13 bits per heavy atom. The van der Waals surface area contributed by atoms with E-state index in [1.165, 1.54) is 35.0 Å². The minimum Gasteiger partial charge on any atom is -0.497 e. The van der Waals surface area contributed by atoms with Gasteiger partial charge in [-0.1, -0.05) is 53.4 Å². The lowest BCUT2D eigenvalue weighted by Crippen LogP contribution is -2.15. The summed E-state index contributed by atoms with van der Waals surface area (Å²) in [5.74, 6) is 0.882. The first kappa shape index (κ1) is 21.1. The van der Waals surface area contributed by atoms with E-state index in [1.54, 1.807) is 7.11 Å². The molecular formula is C22H21N5O2S2. The molecule has 158 valence electrons. The highest BCUT2D eigenvalue weighted by molar-refractivity contribution is 8.00. The number of amides is 1. The number of nitrogens with zero attached hydrogens (tertiary/aromatic N) is 4. The summed E-state index contributed by atoms with van der Waals surface area (Å²) in [6.07, 6.45) is 1.49. The number of benzene rings is 2. The highest BCUT2D eigenvalue weighted by Crippen LogP contribution is 2.33. The van der Waals surface area contributed by atoms with Gasteiger partial charge in [0.1, 0.15) is 21.8 Å². The summed E-state index contributed by atoms with van der Waals surface area (Å²) in [4.78, 5) is 27.8. The second kappa shape index (κ2) is 9.76. The van der Waals surface area contributed by atoms with Crippen molar-refractivity contribution >= 4 is 50.2 Å². The van der Waals surface area contributed by atoms with Gasteiger partial charge in [0, 0.05) is 19.3 Å². The molecule has 2 aromatic carbocycles. The Hall–Kier alpha value is -3.17. The van der Waals surface area contributed by atoms with Crippen LogP contribution in [0.4, 0.5) is 10.8 Å². The van der Waals surface area contributed by atoms with Crippen LogP contribution >= 0.6 is 23.1 Å². The van der Waals surface area contributed by atoms with Crippen molar-refractivity contribution in [1.29, 1.82) is 0 Å². The normalized spacial score (nSPS) is 10.8. The highest BCUT2D eigenvalue weighted by atomic mass is 32.2. The fourth-order valence-electron chi connectivity index (χ4n) is 2.92. The number of hydrogen-bond acceptors (Lipinski definition) is 8. The van der Waals surface area contributed by atoms with Gasteiger partial charge in [-0.15, -0.1) is 0 Å². The number of hydrogen-bond donors (Lipinski definition) is 1. The van der Waals surface area contributed by atoms with Crippen molar-refractivity contribution in [1.82, 2.24) is 15.0 Å². The summed E-state index contributed by atoms with van der Waals surface area (Å²) < 4.78 is 6.02. The molecule has 0 fully saturated rings. The van der Waals surface area contributed by atoms with Crippen LogP contribution < -0.4 is 15.0 Å². The Morgan fingerprint density at radius 3 is 2.65 bits per heavy atom. The molecule has 2 aromatic heterocycles. The third kappa shape index (κ3) is 5.31. The number of rotatable bonds is 8. The number of anilines is 2. The molecule has 2 heterocycles. The highest BCUT2D eigenvalue weighted by Gasteiger charge is 2.15. The molecule has 0 radical (unpaired) electrons. The van der Waals surface area contributed by atoms with Gasteiger partial charge in [0.05, 0.1) is 12.9 Å². The van der Waals surface area contributed by atoms with Gasteiger partial charge < -0.3 is 15.0 Å². The zero-order valence-corrected chi connectivity index (χ0v) is 18.7. The smallest absolute Gasteiger partial charge is 0.234 e. The number of carbonyl (C=O) groups excluding carboxylic acids is 1. The van der Waals surface area contributed by atoms with Crippen LogP contribution in [0.5, 0.6) is 5.75 Å². The number of thioether (sulfide) groups is 1. The molecule has 1 N–H and O–H groups in total. The molecule has 0 aliphatic heterocycles. The second-order valence-electron chi connectivity index (χ2n) is 6.74. The van der Waals surface area contributed by atoms with Crippen LogP contribution in [0.15, 0.2) is 66.0 Å². The zero-order chi connectivity index (χ0) is 21.6. The van der Waals surface area contributed by atoms with E-state index in [9.17, 15) is 4.79 Å². The molecule has 0 unspecified atom stereocenters. The van der Waals surface area contributed by atoms with Crippen molar-refractivity contribution in [2.24, 2.45) is 0 Å². The molecule has 7 nitrogen and oxygen atoms in total. The lowest BCUT2D eigenvalue weighted by atomic mass is 10.2. The molecule has 9 heteroatoms. The third-order valence-corrected chi connectivity index (χ3v) is 6.73. The van der Waals surface area contributed by atoms with Crippen LogP contribution in [0.1, 0.15) is 5.56 Å². The van der Waals surface area contributed by atoms with Gasteiger partial charge in [0.2, 0.25) is 5.91 Å². The Labute approximate surface area is 188 Å². The molecule has 4 rings (SSSR count). The van der Waals surface area contributed by atoms with Crippen molar-refractivity contribution in [3.63, 3.8) is 0 Å². The van der Waals surface area contributed by atoms with Crippen LogP contribution in [0.3, 0.4) is 0 Å². The van der Waals surface area contributed by atoms with Gasteiger partial charge in [-0.05, 0) is 29.8 Å². The van der Waals surface area contributed by atoms with Gasteiger partial charge in [-0.3, -0.25) is 4.79 Å². The fourth-order valence-corrected chi connectivity index (χ4v) is 4.77. The quantitative estimate of drug-likeness (QED) is 0.313. The van der Waals surface area contributed by atoms with Gasteiger partial charge in [-0.25, -0.2) is 9.97 Å². The molecule has 0 aliphatic carbocycles. The monoisotopic (exact) mass is 451 g/mol. The second-order valence-corrected chi connectivity index (χ2v) is 8.68. The van der Waals surface area contributed by atoms with Gasteiger partial charge in [-0.2, -0.15) is 4.98 Å². The summed E-state index contributed by atoms with van der Waals surface area (Å²) in [6, 6.07) is 17.5. The lowest BCUT2D eigenvalue weighted by molar-refractivity contribution is -0.113. The standard InChI is InChI=1S/C22H21N5O2S2/c1-27(12-15-6-4-3-5-7-15)22-26-20-19(31-22)21(24-14-23-20)30-13-18(28)25-16-8-10-17(29-2)11-9-16/h3-11,14H,12-13H2,1-2H3,(H,25,28). The van der Waals surface area contributed by atoms with E-state index in [1.807, 2.05) is 49.5 Å². The molecule has 4 aromatic rings. The van der Waals surface area contributed by atoms with Gasteiger partial charge in [0.15, 0.2) is 10.8 Å². The molecule has 0 atom stereocenters. The van der Waals surface area contributed by atoms with E-state index in [0.29, 0.717) is 5.65 Å². The van der Waals surface area contributed by atoms with E-state index in [-0.39, 0.29) is 11.7 Å². The molecular weight excluding hydrogens is 430 g/mol. The fraction of sp³-hybridized carbons (Fsp3) is 0.182. The number of thiazole rings is 1. The minimum absolute atomic E-state index is 0.104. The van der Waals surface area contributed by atoms with Gasteiger partial charge >= 0.3 is 0 Å². The summed E-state index contributed by atoms with van der Waals surface area (Å²) in [5, 5.41) is 4.50. The Balaban J connectivity index is 1.42. The van der Waals surface area contributed by atoms with Crippen LogP contribution in [-0.4, -0.2) is 40.8 Å². The minimum atomic E-state index is -0.104. The van der Waals surface area contributed by atoms with Crippen LogP contribution in [0.2, 0.25) is 0 Å². The number of aromatic nitrogens is 3. The van der Waals surface area contributed by atoms with Crippen molar-refractivity contribution < 1.29 is 9.53 Å². The van der Waals surface area contributed by atoms with Crippen molar-refractivity contribution in [2.75, 3.05) is 30.1 Å². The molecule has 0 spiro atoms. The number of ether oxygens (including phenoxy) is 1. The molecule has 1 amide bonds. The van der Waals surface area contributed by atoms with E-state index >= 15 is 0 Å². The first-order valence-electron chi connectivity index (χ1n) is 9.55. The topological polar surface area (TPSA) is 80.2 Å². The number of methoxy groups -OCH3 is 1. The molecule has 0 bridgehead atoms. The van der Waals surface area contributed by atoms with Crippen LogP contribution in [0, 0.1) is 0 Å². The van der Waals surface area contributed by atoms with Crippen molar-refractivity contribution in [3.05, 3.63) is 66.5 Å². The summed E-state index contributed by atoms with van der Waals surface area (Å²) >= 11 is 2.91. The lowest BCUT2D eigenvalue weighted by Gasteiger charge is -2.15. The number of fused-ring (bicyclic) bond motifs is 1. The van der Waals surface area contributed by atoms with Gasteiger partial charge in [0.25, 0.3) is 0 Å². The van der Waals surface area contributed by atoms with Crippen molar-refractivity contribution in [3.8, 4) is 5.75 Å². The molecule has 0 aliphatic rings. The first-order chi connectivity index (χ1) is 15.1. The molecule has 31 heavy (non-hydrogen) atoms. The maximum Gasteiger partial charge on any atom is 0.234 e. The average Bonchev–Trinajstić information content (AvgIpc) is 3.24. The first-order valence-corrected chi connectivity index (χ1v) is 11.4. The van der Waals surface area contributed by atoms with E-state index in [0.717, 1.165) is 32.8 Å². The van der Waals surface area contributed by atoms with E-state index in [2.05, 4.69) is 37.3 Å². The third-order valence-electron chi connectivity index (χ3n) is 4.45. The Morgan fingerprint density at radius 2 is 1.90 bits per heavy atom. The van der Waals surface area contributed by atoms with E-state index in [4.69, 9.17) is 4.74 Å². The maximum absolute atomic E-state index is 12.4. The van der Waals surface area contributed by atoms with Crippen molar-refractivity contribution in [2.45, 2.75) is 11.6 Å². The maximum atomic E-state index is 12.4. The zero-order valence-electron chi connectivity index (χ0n) is 17.1. The van der Waals surface area contributed by atoms with Crippen LogP contribution in [-0.2, 0) is 11.3 Å². The predicted molar refractivity (Wildman–Crippen MR) is 126 cm³/mol. The SMILES string of the molecule is COc1ccc(NC(=O)CSc2ncnc3nc(N(C)Cc4ccccc4)sc23)cc1. The average molecular weight is 452 g/mol. The predicted octanol–water partition coefficient (Wildman–Crippen LogP) is 4.46. The Kier molecular flexibility index (Phi) is 6.63. The molecule has 0 saturated carbocycles. The van der Waals surface area contributed by atoms with E-state index < -0.39 is 0 Å². The van der Waals surface area contributed by atoms with Crippen LogP contribution in [0.25, 0.3) is 10.3 Å².